The van der Waals surface area contributed by atoms with Gasteiger partial charge >= 0.3 is 0 Å². The molecule has 1 unspecified atom stereocenters. The Kier molecular flexibility index (Phi) is 5.11. The van der Waals surface area contributed by atoms with E-state index in [1.807, 2.05) is 6.92 Å². The van der Waals surface area contributed by atoms with Gasteiger partial charge in [0, 0.05) is 6.04 Å². The van der Waals surface area contributed by atoms with Gasteiger partial charge in [0.25, 0.3) is 0 Å². The van der Waals surface area contributed by atoms with Crippen molar-refractivity contribution in [3.05, 3.63) is 0 Å². The van der Waals surface area contributed by atoms with Gasteiger partial charge in [-0.1, -0.05) is 39.0 Å². The van der Waals surface area contributed by atoms with E-state index in [4.69, 9.17) is 5.26 Å². The van der Waals surface area contributed by atoms with Gasteiger partial charge in [-0.2, -0.15) is 5.26 Å². The molecule has 0 aliphatic heterocycles. The van der Waals surface area contributed by atoms with Crippen LogP contribution < -0.4 is 5.32 Å². The fourth-order valence-electron chi connectivity index (χ4n) is 1.92. The molecule has 1 rings (SSSR count). The standard InChI is InChI=1S/C13H24N2/c1-3-4-5-6-7-10-13(2,11-14)15-12-8-9-12/h12,15H,3-10H2,1-2H3. The van der Waals surface area contributed by atoms with E-state index in [1.165, 1.54) is 44.9 Å². The van der Waals surface area contributed by atoms with Gasteiger partial charge in [0.15, 0.2) is 0 Å². The number of nitrogens with zero attached hydrogens (tertiary/aromatic N) is 1. The molecule has 1 atom stereocenters. The number of unbranched alkanes of at least 4 members (excludes halogenated alkanes) is 4. The maximum Gasteiger partial charge on any atom is 0.104 e. The average molecular weight is 208 g/mol. The van der Waals surface area contributed by atoms with Gasteiger partial charge in [-0.15, -0.1) is 0 Å². The molecule has 1 saturated carbocycles. The SMILES string of the molecule is CCCCCCCC(C)(C#N)NC1CC1. The Bertz CT molecular complexity index is 215. The molecule has 0 saturated heterocycles. The summed E-state index contributed by atoms with van der Waals surface area (Å²) in [5, 5.41) is 12.6. The fourth-order valence-corrected chi connectivity index (χ4v) is 1.92. The van der Waals surface area contributed by atoms with Crippen LogP contribution in [0.3, 0.4) is 0 Å². The van der Waals surface area contributed by atoms with Crippen molar-refractivity contribution in [3.63, 3.8) is 0 Å². The molecule has 86 valence electrons. The second kappa shape index (κ2) is 6.12. The number of rotatable bonds is 8. The van der Waals surface area contributed by atoms with Gasteiger partial charge in [0.05, 0.1) is 6.07 Å². The Morgan fingerprint density at radius 1 is 1.27 bits per heavy atom. The third kappa shape index (κ3) is 5.18. The summed E-state index contributed by atoms with van der Waals surface area (Å²) in [6, 6.07) is 3.06. The first kappa shape index (κ1) is 12.5. The molecule has 1 aliphatic carbocycles. The van der Waals surface area contributed by atoms with Crippen LogP contribution in [0, 0.1) is 11.3 Å². The normalized spacial score (nSPS) is 19.5. The Balaban J connectivity index is 2.12. The van der Waals surface area contributed by atoms with Gasteiger partial charge in [0.2, 0.25) is 0 Å². The zero-order chi connectivity index (χ0) is 11.1. The highest BCUT2D eigenvalue weighted by Crippen LogP contribution is 2.25. The van der Waals surface area contributed by atoms with Crippen molar-refractivity contribution in [2.45, 2.75) is 76.8 Å². The summed E-state index contributed by atoms with van der Waals surface area (Å²) in [6.07, 6.45) is 9.92. The van der Waals surface area contributed by atoms with Crippen LogP contribution in [0.1, 0.15) is 65.2 Å². The minimum Gasteiger partial charge on any atom is -0.297 e. The van der Waals surface area contributed by atoms with Gasteiger partial charge in [-0.3, -0.25) is 5.32 Å². The lowest BCUT2D eigenvalue weighted by atomic mass is 9.95. The van der Waals surface area contributed by atoms with Crippen molar-refractivity contribution in [1.82, 2.24) is 5.32 Å². The summed E-state index contributed by atoms with van der Waals surface area (Å²) >= 11 is 0. The molecule has 0 heterocycles. The third-order valence-electron chi connectivity index (χ3n) is 3.13. The minimum absolute atomic E-state index is 0.270. The van der Waals surface area contributed by atoms with Crippen LogP contribution in [0.4, 0.5) is 0 Å². The zero-order valence-corrected chi connectivity index (χ0v) is 10.2. The Hall–Kier alpha value is -0.550. The molecule has 0 aromatic heterocycles. The topological polar surface area (TPSA) is 35.8 Å². The molecule has 2 nitrogen and oxygen atoms in total. The molecule has 0 radical (unpaired) electrons. The zero-order valence-electron chi connectivity index (χ0n) is 10.2. The van der Waals surface area contributed by atoms with Crippen LogP contribution in [0.25, 0.3) is 0 Å². The fraction of sp³-hybridized carbons (Fsp3) is 0.923. The number of nitriles is 1. The van der Waals surface area contributed by atoms with Crippen LogP contribution in [0.15, 0.2) is 0 Å². The first-order chi connectivity index (χ1) is 7.20. The van der Waals surface area contributed by atoms with E-state index >= 15 is 0 Å². The molecule has 0 bridgehead atoms. The molecule has 1 fully saturated rings. The minimum atomic E-state index is -0.270. The highest BCUT2D eigenvalue weighted by Gasteiger charge is 2.31. The molecule has 2 heteroatoms. The number of hydrogen-bond acceptors (Lipinski definition) is 2. The van der Waals surface area contributed by atoms with E-state index in [1.54, 1.807) is 0 Å². The smallest absolute Gasteiger partial charge is 0.104 e. The molecule has 0 amide bonds. The summed E-state index contributed by atoms with van der Waals surface area (Å²) in [7, 11) is 0. The van der Waals surface area contributed by atoms with Gasteiger partial charge in [0.1, 0.15) is 5.54 Å². The van der Waals surface area contributed by atoms with E-state index in [9.17, 15) is 0 Å². The van der Waals surface area contributed by atoms with Crippen molar-refractivity contribution in [2.24, 2.45) is 0 Å². The Labute approximate surface area is 94.1 Å². The first-order valence-corrected chi connectivity index (χ1v) is 6.39. The number of nitrogens with one attached hydrogen (secondary N) is 1. The average Bonchev–Trinajstić information content (AvgIpc) is 3.01. The van der Waals surface area contributed by atoms with E-state index in [-0.39, 0.29) is 5.54 Å². The predicted molar refractivity (Wildman–Crippen MR) is 63.6 cm³/mol. The lowest BCUT2D eigenvalue weighted by Gasteiger charge is -2.23. The molecule has 1 aliphatic rings. The summed E-state index contributed by atoms with van der Waals surface area (Å²) in [6.45, 7) is 4.28. The van der Waals surface area contributed by atoms with Gasteiger partial charge in [-0.25, -0.2) is 0 Å². The second-order valence-corrected chi connectivity index (χ2v) is 5.03. The number of hydrogen-bond donors (Lipinski definition) is 1. The van der Waals surface area contributed by atoms with Crippen molar-refractivity contribution < 1.29 is 0 Å². The quantitative estimate of drug-likeness (QED) is 0.621. The van der Waals surface area contributed by atoms with Crippen LogP contribution >= 0.6 is 0 Å². The lowest BCUT2D eigenvalue weighted by molar-refractivity contribution is 0.394. The van der Waals surface area contributed by atoms with Crippen LogP contribution in [0.2, 0.25) is 0 Å². The van der Waals surface area contributed by atoms with Crippen LogP contribution in [-0.2, 0) is 0 Å². The third-order valence-corrected chi connectivity index (χ3v) is 3.13. The monoisotopic (exact) mass is 208 g/mol. The maximum atomic E-state index is 9.15. The van der Waals surface area contributed by atoms with Crippen molar-refractivity contribution in [1.29, 1.82) is 5.26 Å². The van der Waals surface area contributed by atoms with Gasteiger partial charge in [-0.05, 0) is 26.2 Å². The summed E-state index contributed by atoms with van der Waals surface area (Å²) in [5.74, 6) is 0. The molecule has 15 heavy (non-hydrogen) atoms. The van der Waals surface area contributed by atoms with Crippen LogP contribution in [0.5, 0.6) is 0 Å². The molecular formula is C13H24N2. The van der Waals surface area contributed by atoms with E-state index in [0.717, 1.165) is 6.42 Å². The first-order valence-electron chi connectivity index (χ1n) is 6.39. The Morgan fingerprint density at radius 2 is 1.93 bits per heavy atom. The van der Waals surface area contributed by atoms with Crippen molar-refractivity contribution >= 4 is 0 Å². The molecule has 0 spiro atoms. The largest absolute Gasteiger partial charge is 0.297 e. The second-order valence-electron chi connectivity index (χ2n) is 5.03. The maximum absolute atomic E-state index is 9.15. The summed E-state index contributed by atoms with van der Waals surface area (Å²) < 4.78 is 0. The molecule has 0 aromatic carbocycles. The van der Waals surface area contributed by atoms with E-state index < -0.39 is 0 Å². The lowest BCUT2D eigenvalue weighted by Crippen LogP contribution is -2.42. The van der Waals surface area contributed by atoms with Gasteiger partial charge < -0.3 is 0 Å². The highest BCUT2D eigenvalue weighted by molar-refractivity contribution is 5.06. The molecular weight excluding hydrogens is 184 g/mol. The Morgan fingerprint density at radius 3 is 2.47 bits per heavy atom. The summed E-state index contributed by atoms with van der Waals surface area (Å²) in [4.78, 5) is 0. The predicted octanol–water partition coefficient (Wildman–Crippen LogP) is 3.38. The van der Waals surface area contributed by atoms with Crippen molar-refractivity contribution in [3.8, 4) is 6.07 Å². The van der Waals surface area contributed by atoms with E-state index in [0.29, 0.717) is 6.04 Å². The molecule has 0 aromatic rings. The van der Waals surface area contributed by atoms with Crippen molar-refractivity contribution in [2.75, 3.05) is 0 Å². The summed E-state index contributed by atoms with van der Waals surface area (Å²) in [5.41, 5.74) is -0.270. The van der Waals surface area contributed by atoms with E-state index in [2.05, 4.69) is 18.3 Å². The molecule has 1 N–H and O–H groups in total. The van der Waals surface area contributed by atoms with Crippen LogP contribution in [-0.4, -0.2) is 11.6 Å². The highest BCUT2D eigenvalue weighted by atomic mass is 15.0.